The lowest BCUT2D eigenvalue weighted by molar-refractivity contribution is 0.0939. The molecule has 0 bridgehead atoms. The van der Waals surface area contributed by atoms with Crippen molar-refractivity contribution in [2.24, 2.45) is 17.8 Å². The van der Waals surface area contributed by atoms with Crippen LogP contribution in [0.4, 0.5) is 0 Å². The fourth-order valence-electron chi connectivity index (χ4n) is 5.17. The Labute approximate surface area is 168 Å². The number of rotatable bonds is 6. The van der Waals surface area contributed by atoms with E-state index in [4.69, 9.17) is 4.12 Å². The zero-order valence-corrected chi connectivity index (χ0v) is 19.6. The second-order valence-corrected chi connectivity index (χ2v) is 18.1. The van der Waals surface area contributed by atoms with Crippen LogP contribution in [0.2, 0.25) is 26.2 Å². The summed E-state index contributed by atoms with van der Waals surface area (Å²) in [5.74, 6) is 2.92. The third-order valence-electron chi connectivity index (χ3n) is 6.96. The lowest BCUT2D eigenvalue weighted by atomic mass is 9.63. The molecule has 146 valence electrons. The molecular weight excluding hydrogens is 360 g/mol. The number of benzene rings is 1. The van der Waals surface area contributed by atoms with Gasteiger partial charge in [0.15, 0.2) is 16.6 Å². The number of hydrogen-bond acceptors (Lipinski definition) is 1. The topological polar surface area (TPSA) is 9.23 Å². The summed E-state index contributed by atoms with van der Waals surface area (Å²) in [5, 5.41) is 0. The number of aryl methyl sites for hydroxylation is 2. The zero-order valence-electron chi connectivity index (χ0n) is 17.6. The van der Waals surface area contributed by atoms with E-state index in [-0.39, 0.29) is 0 Å². The Morgan fingerprint density at radius 1 is 0.852 bits per heavy atom. The zero-order chi connectivity index (χ0) is 19.1. The first-order valence-electron chi connectivity index (χ1n) is 11.0. The lowest BCUT2D eigenvalue weighted by Crippen LogP contribution is -2.42. The summed E-state index contributed by atoms with van der Waals surface area (Å²) in [6.45, 7) is 9.41. The molecule has 0 aliphatic heterocycles. The molecule has 3 unspecified atom stereocenters. The van der Waals surface area contributed by atoms with Gasteiger partial charge in [0.1, 0.15) is 0 Å². The minimum Gasteiger partial charge on any atom is -0.449 e. The average molecular weight is 397 g/mol. The van der Waals surface area contributed by atoms with Crippen molar-refractivity contribution in [2.75, 3.05) is 0 Å². The van der Waals surface area contributed by atoms with E-state index in [1.165, 1.54) is 61.6 Å². The van der Waals surface area contributed by atoms with E-state index in [1.807, 2.05) is 0 Å². The first kappa shape index (κ1) is 19.4. The molecule has 0 heterocycles. The summed E-state index contributed by atoms with van der Waals surface area (Å²) in [6, 6.07) is 6.92. The molecule has 0 amide bonds. The van der Waals surface area contributed by atoms with Crippen molar-refractivity contribution < 1.29 is 4.12 Å². The van der Waals surface area contributed by atoms with Gasteiger partial charge in [-0.25, -0.2) is 0 Å². The molecule has 0 saturated heterocycles. The Balaban J connectivity index is 1.34. The van der Waals surface area contributed by atoms with Crippen molar-refractivity contribution in [3.63, 3.8) is 0 Å². The molecule has 1 aromatic rings. The van der Waals surface area contributed by atoms with Crippen LogP contribution in [0.5, 0.6) is 0 Å². The molecule has 4 rings (SSSR count). The van der Waals surface area contributed by atoms with Crippen LogP contribution >= 0.6 is 0 Å². The van der Waals surface area contributed by atoms with E-state index in [0.29, 0.717) is 0 Å². The van der Waals surface area contributed by atoms with Crippen molar-refractivity contribution in [3.8, 4) is 0 Å². The molecule has 2 fully saturated rings. The number of hydrogen-bond donors (Lipinski definition) is 0. The van der Waals surface area contributed by atoms with Gasteiger partial charge >= 0.3 is 0 Å². The number of allylic oxidation sites excluding steroid dienone is 1. The molecule has 1 nitrogen and oxygen atoms in total. The Bertz CT molecular complexity index is 747. The summed E-state index contributed by atoms with van der Waals surface area (Å²) in [7, 11) is -3.57. The smallest absolute Gasteiger partial charge is 0.198 e. The second kappa shape index (κ2) is 7.49. The van der Waals surface area contributed by atoms with Crippen LogP contribution in [0.15, 0.2) is 35.7 Å². The summed E-state index contributed by atoms with van der Waals surface area (Å²) in [6.07, 6.45) is 14.6. The summed E-state index contributed by atoms with van der Waals surface area (Å²) in [5.41, 5.74) is 9.29. The third-order valence-corrected chi connectivity index (χ3v) is 13.1. The first-order chi connectivity index (χ1) is 12.8. The SMILES string of the molecule is C[Si](C)(/C=C/c1ccc2c(c1)CC2)O[Si](C)(C)/C=C/C1CCC2CCC2C1. The highest BCUT2D eigenvalue weighted by atomic mass is 28.4. The summed E-state index contributed by atoms with van der Waals surface area (Å²) in [4.78, 5) is 0. The average Bonchev–Trinajstić information content (AvgIpc) is 2.54. The molecule has 3 heteroatoms. The molecule has 3 atom stereocenters. The van der Waals surface area contributed by atoms with E-state index in [0.717, 1.165) is 17.8 Å². The Kier molecular flexibility index (Phi) is 5.39. The van der Waals surface area contributed by atoms with Gasteiger partial charge < -0.3 is 4.12 Å². The molecular formula is C24H36OSi2. The van der Waals surface area contributed by atoms with Crippen LogP contribution in [-0.4, -0.2) is 16.6 Å². The lowest BCUT2D eigenvalue weighted by Gasteiger charge is -2.43. The molecule has 27 heavy (non-hydrogen) atoms. The van der Waals surface area contributed by atoms with Gasteiger partial charge in [0.2, 0.25) is 0 Å². The molecule has 2 saturated carbocycles. The standard InChI is InChI=1S/C24H36OSi2/c1-26(2,15-13-19-5-7-21-9-11-23(21)17-19)25-27(3,4)16-14-20-6-8-22-10-12-24(22)18-20/h5,7,13-17,20,22,24H,6,8-12,18H2,1-4H3/b15-13+,16-14+. The Hall–Kier alpha value is -0.906. The van der Waals surface area contributed by atoms with E-state index >= 15 is 0 Å². The normalized spacial score (nSPS) is 27.9. The maximum absolute atomic E-state index is 6.77. The van der Waals surface area contributed by atoms with Crippen molar-refractivity contribution in [3.05, 3.63) is 52.4 Å². The van der Waals surface area contributed by atoms with Gasteiger partial charge in [0.25, 0.3) is 0 Å². The van der Waals surface area contributed by atoms with Crippen LogP contribution in [-0.2, 0) is 17.0 Å². The van der Waals surface area contributed by atoms with Gasteiger partial charge in [-0.1, -0.05) is 41.7 Å². The molecule has 3 aliphatic carbocycles. The van der Waals surface area contributed by atoms with Crippen LogP contribution in [0.3, 0.4) is 0 Å². The van der Waals surface area contributed by atoms with Gasteiger partial charge in [-0.3, -0.25) is 0 Å². The van der Waals surface area contributed by atoms with Crippen molar-refractivity contribution >= 4 is 22.7 Å². The van der Waals surface area contributed by atoms with Crippen LogP contribution in [0.1, 0.15) is 48.8 Å². The van der Waals surface area contributed by atoms with Crippen LogP contribution in [0.25, 0.3) is 6.08 Å². The fraction of sp³-hybridized carbons (Fsp3) is 0.583. The predicted octanol–water partition coefficient (Wildman–Crippen LogP) is 6.69. The highest BCUT2D eigenvalue weighted by Crippen LogP contribution is 2.47. The summed E-state index contributed by atoms with van der Waals surface area (Å²) < 4.78 is 6.77. The van der Waals surface area contributed by atoms with Gasteiger partial charge in [-0.2, -0.15) is 0 Å². The van der Waals surface area contributed by atoms with Gasteiger partial charge in [0.05, 0.1) is 0 Å². The van der Waals surface area contributed by atoms with Crippen LogP contribution in [0, 0.1) is 17.8 Å². The van der Waals surface area contributed by atoms with Crippen LogP contribution < -0.4 is 0 Å². The van der Waals surface area contributed by atoms with Gasteiger partial charge in [0, 0.05) is 0 Å². The first-order valence-corrected chi connectivity index (χ1v) is 17.0. The van der Waals surface area contributed by atoms with E-state index in [9.17, 15) is 0 Å². The number of fused-ring (bicyclic) bond motifs is 2. The maximum atomic E-state index is 6.77. The quantitative estimate of drug-likeness (QED) is 0.487. The summed E-state index contributed by atoms with van der Waals surface area (Å²) >= 11 is 0. The molecule has 0 N–H and O–H groups in total. The van der Waals surface area contributed by atoms with E-state index < -0.39 is 16.6 Å². The maximum Gasteiger partial charge on any atom is 0.198 e. The van der Waals surface area contributed by atoms with Gasteiger partial charge in [-0.15, -0.1) is 0 Å². The van der Waals surface area contributed by atoms with Gasteiger partial charge in [-0.05, 0) is 106 Å². The van der Waals surface area contributed by atoms with Crippen molar-refractivity contribution in [1.29, 1.82) is 0 Å². The predicted molar refractivity (Wildman–Crippen MR) is 122 cm³/mol. The molecule has 3 aliphatic rings. The highest BCUT2D eigenvalue weighted by molar-refractivity contribution is 6.89. The monoisotopic (exact) mass is 396 g/mol. The second-order valence-electron chi connectivity index (χ2n) is 10.2. The van der Waals surface area contributed by atoms with E-state index in [1.54, 1.807) is 0 Å². The minimum atomic E-state index is -1.80. The third kappa shape index (κ3) is 4.75. The largest absolute Gasteiger partial charge is 0.449 e. The Morgan fingerprint density at radius 2 is 1.56 bits per heavy atom. The molecule has 0 aromatic heterocycles. The molecule has 1 aromatic carbocycles. The molecule has 0 spiro atoms. The van der Waals surface area contributed by atoms with Crippen molar-refractivity contribution in [1.82, 2.24) is 0 Å². The highest BCUT2D eigenvalue weighted by Gasteiger charge is 2.36. The Morgan fingerprint density at radius 3 is 2.19 bits per heavy atom. The van der Waals surface area contributed by atoms with Crippen molar-refractivity contribution in [2.45, 2.75) is 71.1 Å². The molecule has 0 radical (unpaired) electrons. The minimum absolute atomic E-state index is 0.810. The fourth-order valence-corrected chi connectivity index (χ4v) is 12.5. The van der Waals surface area contributed by atoms with E-state index in [2.05, 4.69) is 67.9 Å².